The van der Waals surface area contributed by atoms with Gasteiger partial charge in [0.2, 0.25) is 0 Å². The van der Waals surface area contributed by atoms with Crippen LogP contribution in [0.3, 0.4) is 0 Å². The van der Waals surface area contributed by atoms with Crippen molar-refractivity contribution in [1.29, 1.82) is 0 Å². The van der Waals surface area contributed by atoms with Crippen LogP contribution in [0.5, 0.6) is 0 Å². The molecule has 201 valence electrons. The number of aliphatic hydroxyl groups excluding tert-OH is 1. The van der Waals surface area contributed by atoms with Gasteiger partial charge in [-0.05, 0) is 13.8 Å². The van der Waals surface area contributed by atoms with Crippen LogP contribution in [0.2, 0.25) is 0 Å². The Morgan fingerprint density at radius 2 is 1.50 bits per heavy atom. The van der Waals surface area contributed by atoms with E-state index in [1.165, 1.54) is 59.1 Å². The van der Waals surface area contributed by atoms with Gasteiger partial charge in [0.1, 0.15) is 0 Å². The van der Waals surface area contributed by atoms with E-state index < -0.39 is 6.04 Å². The van der Waals surface area contributed by atoms with E-state index in [9.17, 15) is 4.79 Å². The van der Waals surface area contributed by atoms with Crippen molar-refractivity contribution >= 4 is 98.2 Å². The summed E-state index contributed by atoms with van der Waals surface area (Å²) in [6, 6.07) is 34.5. The van der Waals surface area contributed by atoms with Gasteiger partial charge in [-0.2, -0.15) is 0 Å². The summed E-state index contributed by atoms with van der Waals surface area (Å²) in [5.74, 6) is -0.0625. The molecule has 2 aliphatic heterocycles. The van der Waals surface area contributed by atoms with Gasteiger partial charge in [-0.1, -0.05) is 0 Å². The van der Waals surface area contributed by atoms with E-state index in [2.05, 4.69) is 97.1 Å². The predicted molar refractivity (Wildman–Crippen MR) is 169 cm³/mol. The molecular weight excluding hydrogens is 844 g/mol. The minimum absolute atomic E-state index is 0. The van der Waals surface area contributed by atoms with Crippen molar-refractivity contribution in [3.8, 4) is 11.3 Å². The third-order valence-corrected chi connectivity index (χ3v) is 17.4. The maximum Gasteiger partial charge on any atom is 0 e. The first-order valence-electron chi connectivity index (χ1n) is 12.3. The number of fused-ring (bicyclic) bond motifs is 5. The average Bonchev–Trinajstić information content (AvgIpc) is 2.92. The molecule has 0 bridgehead atoms. The van der Waals surface area contributed by atoms with E-state index in [4.69, 9.17) is 21.9 Å². The first kappa shape index (κ1) is 29.3. The number of benzene rings is 4. The van der Waals surface area contributed by atoms with E-state index in [-0.39, 0.29) is 61.6 Å². The molecule has 0 aliphatic carbocycles. The Morgan fingerprint density at radius 1 is 0.875 bits per heavy atom. The molecule has 2 aliphatic rings. The number of allylic oxidation sites excluding steroid dienone is 2. The molecule has 40 heavy (non-hydrogen) atoms. The SMILES string of the molecule is CC(=O)/C=C(/C)O.S=P12c3ccccc3[Se]c3[c-]c(-c4ccc5ccccc5n4)cc(c31)[Se]c1ccccc12.[Ir]. The standard InChI is InChI=1S/C27H15NPSSe2.C5H8O2.Ir/c30-29-21-9-3-5-11-23(21)31-25-15-18(20-14-13-17-7-1-2-8-19(17)28-20)16-26(27(25)29)32-24-12-6-4-10-22(24)29;1-4(6)3-5(2)7;/h1-15H;3,6H,1-2H3;/q-1;;/b;4-3-;. The molecule has 5 aromatic rings. The molecule has 0 amide bonds. The van der Waals surface area contributed by atoms with Crippen molar-refractivity contribution in [2.24, 2.45) is 0 Å². The quantitative estimate of drug-likeness (QED) is 0.0956. The third kappa shape index (κ3) is 5.39. The Hall–Kier alpha value is -2.16. The molecule has 1 aromatic heterocycles. The van der Waals surface area contributed by atoms with Crippen molar-refractivity contribution in [1.82, 2.24) is 4.98 Å². The van der Waals surface area contributed by atoms with Crippen LogP contribution in [0.1, 0.15) is 13.8 Å². The summed E-state index contributed by atoms with van der Waals surface area (Å²) in [6.07, 6.45) is 1.17. The molecule has 0 spiro atoms. The predicted octanol–water partition coefficient (Wildman–Crippen LogP) is 2.43. The van der Waals surface area contributed by atoms with Gasteiger partial charge in [-0.15, -0.1) is 0 Å². The van der Waals surface area contributed by atoms with Gasteiger partial charge in [-0.25, -0.2) is 0 Å². The molecule has 4 aromatic carbocycles. The molecular formula is C32H23IrNO2PSSe2-. The summed E-state index contributed by atoms with van der Waals surface area (Å²) >= 11 is 7.13. The van der Waals surface area contributed by atoms with Crippen LogP contribution in [0.15, 0.2) is 103 Å². The summed E-state index contributed by atoms with van der Waals surface area (Å²) in [6.45, 7) is 2.85. The fourth-order valence-corrected chi connectivity index (χ4v) is 19.3. The minimum Gasteiger partial charge on any atom is 0 e. The van der Waals surface area contributed by atoms with Crippen LogP contribution in [-0.2, 0) is 36.7 Å². The summed E-state index contributed by atoms with van der Waals surface area (Å²) in [5, 5.41) is 13.8. The topological polar surface area (TPSA) is 50.2 Å². The largest absolute Gasteiger partial charge is 0 e. The van der Waals surface area contributed by atoms with Crippen LogP contribution in [-0.4, -0.2) is 45.8 Å². The molecule has 1 unspecified atom stereocenters. The molecule has 1 atom stereocenters. The summed E-state index contributed by atoms with van der Waals surface area (Å²) in [5.41, 5.74) is 3.13. The van der Waals surface area contributed by atoms with Crippen LogP contribution < -0.4 is 33.8 Å². The first-order valence-corrected chi connectivity index (χ1v) is 18.6. The van der Waals surface area contributed by atoms with E-state index in [1.54, 1.807) is 0 Å². The number of hydrogen-bond donors (Lipinski definition) is 1. The minimum atomic E-state index is -2.05. The van der Waals surface area contributed by atoms with Gasteiger partial charge in [0.25, 0.3) is 0 Å². The number of aliphatic hydroxyl groups is 1. The number of nitrogens with zero attached hydrogens (tertiary/aromatic N) is 1. The van der Waals surface area contributed by atoms with Crippen molar-refractivity contribution in [3.63, 3.8) is 0 Å². The molecule has 0 fully saturated rings. The van der Waals surface area contributed by atoms with Crippen molar-refractivity contribution in [2.75, 3.05) is 0 Å². The molecule has 8 heteroatoms. The van der Waals surface area contributed by atoms with Gasteiger partial charge in [0, 0.05) is 26.2 Å². The Bertz CT molecular complexity index is 1800. The van der Waals surface area contributed by atoms with E-state index in [0.29, 0.717) is 0 Å². The number of carbonyl (C=O) groups excluding carboxylic acids is 1. The number of aromatic nitrogens is 1. The number of ketones is 1. The monoisotopic (exact) mass is 869 g/mol. The van der Waals surface area contributed by atoms with Gasteiger partial charge < -0.3 is 5.11 Å². The average molecular weight is 867 g/mol. The Balaban J connectivity index is 0.000000362. The number of rotatable bonds is 2. The van der Waals surface area contributed by atoms with E-state index in [0.717, 1.165) is 16.8 Å². The van der Waals surface area contributed by atoms with Gasteiger partial charge in [-0.3, -0.25) is 4.79 Å². The van der Waals surface area contributed by atoms with Crippen molar-refractivity contribution in [2.45, 2.75) is 13.8 Å². The maximum absolute atomic E-state index is 10.0. The number of carbonyl (C=O) groups is 1. The zero-order valence-corrected chi connectivity index (χ0v) is 29.1. The Morgan fingerprint density at radius 3 is 2.15 bits per heavy atom. The first-order chi connectivity index (χ1) is 18.8. The molecule has 0 saturated heterocycles. The van der Waals surface area contributed by atoms with Gasteiger partial charge >= 0.3 is 206 Å². The summed E-state index contributed by atoms with van der Waals surface area (Å²) < 4.78 is 5.65. The number of pyridine rings is 1. The second-order valence-electron chi connectivity index (χ2n) is 9.26. The molecule has 1 radical (unpaired) electrons. The second kappa shape index (κ2) is 12.0. The molecule has 7 rings (SSSR count). The van der Waals surface area contributed by atoms with Crippen LogP contribution in [0.4, 0.5) is 0 Å². The Kier molecular flexibility index (Phi) is 8.79. The zero-order valence-electron chi connectivity index (χ0n) is 21.5. The van der Waals surface area contributed by atoms with Crippen LogP contribution in [0.25, 0.3) is 22.2 Å². The fourth-order valence-electron chi connectivity index (χ4n) is 4.83. The molecule has 3 nitrogen and oxygen atoms in total. The van der Waals surface area contributed by atoms with E-state index in [1.807, 2.05) is 0 Å². The normalized spacial score (nSPS) is 16.4. The summed E-state index contributed by atoms with van der Waals surface area (Å²) in [4.78, 5) is 15.0. The maximum atomic E-state index is 10.0. The number of para-hydroxylation sites is 1. The second-order valence-corrected chi connectivity index (χ2v) is 18.0. The smallest absolute Gasteiger partial charge is 0 e. The molecule has 1 N–H and O–H groups in total. The zero-order chi connectivity index (χ0) is 27.1. The van der Waals surface area contributed by atoms with Gasteiger partial charge in [0.15, 0.2) is 5.78 Å². The van der Waals surface area contributed by atoms with Gasteiger partial charge in [0.05, 0.1) is 5.76 Å². The van der Waals surface area contributed by atoms with Crippen molar-refractivity contribution < 1.29 is 30.0 Å². The number of hydrogen-bond acceptors (Lipinski definition) is 4. The molecule has 3 heterocycles. The third-order valence-electron chi connectivity index (χ3n) is 6.41. The fraction of sp³-hybridized carbons (Fsp3) is 0.0625. The Labute approximate surface area is 265 Å². The molecule has 0 saturated carbocycles. The summed E-state index contributed by atoms with van der Waals surface area (Å²) in [7, 11) is 0. The van der Waals surface area contributed by atoms with Crippen LogP contribution in [0, 0.1) is 6.07 Å². The van der Waals surface area contributed by atoms with Crippen LogP contribution >= 0.6 is 6.04 Å². The van der Waals surface area contributed by atoms with E-state index >= 15 is 0 Å². The van der Waals surface area contributed by atoms with Crippen molar-refractivity contribution in [3.05, 3.63) is 109 Å².